The summed E-state index contributed by atoms with van der Waals surface area (Å²) in [6.07, 6.45) is 1.44. The molecule has 3 aromatic rings. The van der Waals surface area contributed by atoms with Gasteiger partial charge in [0.15, 0.2) is 5.82 Å². The fourth-order valence-corrected chi connectivity index (χ4v) is 2.30. The van der Waals surface area contributed by atoms with Gasteiger partial charge in [-0.15, -0.1) is 0 Å². The third kappa shape index (κ3) is 2.88. The highest BCUT2D eigenvalue weighted by molar-refractivity contribution is 6.05. The van der Waals surface area contributed by atoms with E-state index in [0.717, 1.165) is 16.8 Å². The van der Waals surface area contributed by atoms with Gasteiger partial charge in [0, 0.05) is 16.8 Å². The summed E-state index contributed by atoms with van der Waals surface area (Å²) in [6.45, 7) is 4.01. The minimum atomic E-state index is -0.145. The first-order valence-corrected chi connectivity index (χ1v) is 6.98. The lowest BCUT2D eigenvalue weighted by Gasteiger charge is -2.09. The van der Waals surface area contributed by atoms with Crippen LogP contribution in [0.5, 0.6) is 0 Å². The second-order valence-electron chi connectivity index (χ2n) is 5.19. The molecule has 0 radical (unpaired) electrons. The minimum absolute atomic E-state index is 0.145. The van der Waals surface area contributed by atoms with Gasteiger partial charge in [-0.3, -0.25) is 9.89 Å². The van der Waals surface area contributed by atoms with Gasteiger partial charge in [-0.05, 0) is 37.6 Å². The molecule has 110 valence electrons. The topological polar surface area (TPSA) is 70.7 Å². The fourth-order valence-electron chi connectivity index (χ4n) is 2.30. The summed E-state index contributed by atoms with van der Waals surface area (Å²) in [7, 11) is 0. The van der Waals surface area contributed by atoms with Gasteiger partial charge in [-0.25, -0.2) is 4.98 Å². The van der Waals surface area contributed by atoms with Gasteiger partial charge in [-0.2, -0.15) is 5.10 Å². The zero-order valence-electron chi connectivity index (χ0n) is 12.4. The second-order valence-corrected chi connectivity index (χ2v) is 5.19. The number of carbonyl (C=O) groups excluding carboxylic acids is 1. The van der Waals surface area contributed by atoms with Crippen molar-refractivity contribution in [1.82, 2.24) is 15.2 Å². The summed E-state index contributed by atoms with van der Waals surface area (Å²) in [5.74, 6) is 0.495. The summed E-state index contributed by atoms with van der Waals surface area (Å²) in [4.78, 5) is 16.5. The van der Waals surface area contributed by atoms with Gasteiger partial charge >= 0.3 is 0 Å². The first kappa shape index (κ1) is 14.0. The monoisotopic (exact) mass is 292 g/mol. The molecular weight excluding hydrogens is 276 g/mol. The van der Waals surface area contributed by atoms with Crippen LogP contribution >= 0.6 is 0 Å². The van der Waals surface area contributed by atoms with Crippen LogP contribution in [0.2, 0.25) is 0 Å². The number of aromatic nitrogens is 3. The molecule has 5 heteroatoms. The number of aryl methyl sites for hydroxylation is 2. The number of aromatic amines is 1. The number of nitrogens with zero attached hydrogens (tertiary/aromatic N) is 2. The van der Waals surface area contributed by atoms with E-state index in [-0.39, 0.29) is 5.91 Å². The molecule has 0 fully saturated rings. The van der Waals surface area contributed by atoms with E-state index in [9.17, 15) is 4.79 Å². The van der Waals surface area contributed by atoms with Crippen LogP contribution in [0, 0.1) is 13.8 Å². The maximum atomic E-state index is 12.4. The Labute approximate surface area is 128 Å². The molecule has 22 heavy (non-hydrogen) atoms. The number of H-pyrrole nitrogens is 1. The number of amides is 1. The summed E-state index contributed by atoms with van der Waals surface area (Å²) in [5.41, 5.74) is 4.43. The highest BCUT2D eigenvalue weighted by atomic mass is 16.1. The highest BCUT2D eigenvalue weighted by Gasteiger charge is 2.10. The maximum Gasteiger partial charge on any atom is 0.255 e. The average Bonchev–Trinajstić information content (AvgIpc) is 3.04. The number of carbonyl (C=O) groups is 1. The lowest BCUT2D eigenvalue weighted by Crippen LogP contribution is -2.12. The fraction of sp³-hybridized carbons (Fsp3) is 0.118. The van der Waals surface area contributed by atoms with E-state index in [2.05, 4.69) is 20.5 Å². The number of hydrogen-bond acceptors (Lipinski definition) is 3. The van der Waals surface area contributed by atoms with E-state index in [1.807, 2.05) is 44.2 Å². The van der Waals surface area contributed by atoms with Gasteiger partial charge in [0.2, 0.25) is 0 Å². The third-order valence-electron chi connectivity index (χ3n) is 3.44. The predicted molar refractivity (Wildman–Crippen MR) is 85.7 cm³/mol. The van der Waals surface area contributed by atoms with Crippen molar-refractivity contribution >= 4 is 11.6 Å². The summed E-state index contributed by atoms with van der Waals surface area (Å²) in [5, 5.41) is 9.56. The number of rotatable bonds is 3. The zero-order valence-corrected chi connectivity index (χ0v) is 12.4. The van der Waals surface area contributed by atoms with Crippen molar-refractivity contribution in [2.24, 2.45) is 0 Å². The Kier molecular flexibility index (Phi) is 3.70. The van der Waals surface area contributed by atoms with Crippen molar-refractivity contribution in [2.75, 3.05) is 5.32 Å². The Hall–Kier alpha value is -2.95. The Morgan fingerprint density at radius 1 is 1.14 bits per heavy atom. The Bertz CT molecular complexity index is 809. The minimum Gasteiger partial charge on any atom is -0.322 e. The van der Waals surface area contributed by atoms with Crippen LogP contribution in [0.3, 0.4) is 0 Å². The first-order chi connectivity index (χ1) is 10.6. The third-order valence-corrected chi connectivity index (χ3v) is 3.44. The quantitative estimate of drug-likeness (QED) is 0.777. The molecule has 0 aliphatic heterocycles. The highest BCUT2D eigenvalue weighted by Crippen LogP contribution is 2.19. The summed E-state index contributed by atoms with van der Waals surface area (Å²) < 4.78 is 0. The molecule has 3 rings (SSSR count). The van der Waals surface area contributed by atoms with E-state index in [1.165, 1.54) is 11.9 Å². The van der Waals surface area contributed by atoms with Crippen LogP contribution in [0.15, 0.2) is 48.8 Å². The van der Waals surface area contributed by atoms with Crippen molar-refractivity contribution in [3.8, 4) is 11.4 Å². The van der Waals surface area contributed by atoms with E-state index in [0.29, 0.717) is 11.4 Å². The van der Waals surface area contributed by atoms with Gasteiger partial charge in [-0.1, -0.05) is 29.8 Å². The molecule has 0 unspecified atom stereocenters. The van der Waals surface area contributed by atoms with Gasteiger partial charge in [0.1, 0.15) is 6.33 Å². The molecule has 0 bridgehead atoms. The Morgan fingerprint density at radius 2 is 2.00 bits per heavy atom. The molecule has 0 spiro atoms. The van der Waals surface area contributed by atoms with Crippen molar-refractivity contribution in [3.05, 3.63) is 65.5 Å². The molecule has 1 amide bonds. The standard InChI is InChI=1S/C17H16N4O/c1-11-6-7-15(12(2)8-11)20-17(22)14-5-3-4-13(9-14)16-18-10-19-21-16/h3-10H,1-2H3,(H,20,22)(H,18,19,21). The molecule has 0 saturated heterocycles. The molecule has 0 aliphatic carbocycles. The maximum absolute atomic E-state index is 12.4. The number of benzene rings is 2. The zero-order chi connectivity index (χ0) is 15.5. The normalized spacial score (nSPS) is 10.5. The average molecular weight is 292 g/mol. The van der Waals surface area contributed by atoms with Crippen LogP contribution in [0.1, 0.15) is 21.5 Å². The number of anilines is 1. The van der Waals surface area contributed by atoms with Crippen LogP contribution in [-0.2, 0) is 0 Å². The summed E-state index contributed by atoms with van der Waals surface area (Å²) in [6, 6.07) is 13.2. The summed E-state index contributed by atoms with van der Waals surface area (Å²) >= 11 is 0. The Balaban J connectivity index is 1.85. The van der Waals surface area contributed by atoms with Gasteiger partial charge in [0.25, 0.3) is 5.91 Å². The molecule has 2 N–H and O–H groups in total. The first-order valence-electron chi connectivity index (χ1n) is 6.98. The number of hydrogen-bond donors (Lipinski definition) is 2. The lowest BCUT2D eigenvalue weighted by atomic mass is 10.1. The SMILES string of the molecule is Cc1ccc(NC(=O)c2cccc(-c3ncn[nH]3)c2)c(C)c1. The largest absolute Gasteiger partial charge is 0.322 e. The molecule has 0 atom stereocenters. The number of nitrogens with one attached hydrogen (secondary N) is 2. The van der Waals surface area contributed by atoms with Crippen LogP contribution in [-0.4, -0.2) is 21.1 Å². The smallest absolute Gasteiger partial charge is 0.255 e. The van der Waals surface area contributed by atoms with Crippen molar-refractivity contribution in [2.45, 2.75) is 13.8 Å². The van der Waals surface area contributed by atoms with E-state index < -0.39 is 0 Å². The molecule has 0 saturated carbocycles. The van der Waals surface area contributed by atoms with Crippen LogP contribution in [0.25, 0.3) is 11.4 Å². The predicted octanol–water partition coefficient (Wildman–Crippen LogP) is 3.34. The Morgan fingerprint density at radius 3 is 2.73 bits per heavy atom. The molecule has 2 aromatic carbocycles. The molecule has 1 aromatic heterocycles. The molecule has 1 heterocycles. The van der Waals surface area contributed by atoms with Crippen molar-refractivity contribution in [3.63, 3.8) is 0 Å². The van der Waals surface area contributed by atoms with Gasteiger partial charge in [0.05, 0.1) is 0 Å². The lowest BCUT2D eigenvalue weighted by molar-refractivity contribution is 0.102. The van der Waals surface area contributed by atoms with E-state index in [1.54, 1.807) is 12.1 Å². The van der Waals surface area contributed by atoms with Crippen molar-refractivity contribution in [1.29, 1.82) is 0 Å². The van der Waals surface area contributed by atoms with Crippen LogP contribution < -0.4 is 5.32 Å². The van der Waals surface area contributed by atoms with Gasteiger partial charge < -0.3 is 5.32 Å². The second kappa shape index (κ2) is 5.81. The molecule has 0 aliphatic rings. The van der Waals surface area contributed by atoms with E-state index >= 15 is 0 Å². The van der Waals surface area contributed by atoms with Crippen molar-refractivity contribution < 1.29 is 4.79 Å². The van der Waals surface area contributed by atoms with Crippen LogP contribution in [0.4, 0.5) is 5.69 Å². The molecular formula is C17H16N4O. The molecule has 5 nitrogen and oxygen atoms in total. The van der Waals surface area contributed by atoms with E-state index in [4.69, 9.17) is 0 Å².